The predicted octanol–water partition coefficient (Wildman–Crippen LogP) is 0.902. The molecule has 0 heterocycles. The van der Waals surface area contributed by atoms with Crippen LogP contribution < -0.4 is 15.8 Å². The van der Waals surface area contributed by atoms with Gasteiger partial charge in [0.1, 0.15) is 4.90 Å². The topological polar surface area (TPSA) is 113 Å². The van der Waals surface area contributed by atoms with E-state index in [-0.39, 0.29) is 10.8 Å². The average Bonchev–Trinajstić information content (AvgIpc) is 2.34. The zero-order valence-electron chi connectivity index (χ0n) is 11.0. The number of nitrogen functional groups attached to an aromatic ring is 1. The van der Waals surface area contributed by atoms with Crippen molar-refractivity contribution in [3.63, 3.8) is 0 Å². The maximum atomic E-state index is 11.6. The Morgan fingerprint density at radius 2 is 2.11 bits per heavy atom. The lowest BCUT2D eigenvalue weighted by molar-refractivity contribution is 0.596. The van der Waals surface area contributed by atoms with Gasteiger partial charge in [-0.3, -0.25) is 0 Å². The fourth-order valence-electron chi connectivity index (χ4n) is 1.79. The van der Waals surface area contributed by atoms with Gasteiger partial charge in [0.2, 0.25) is 10.0 Å². The summed E-state index contributed by atoms with van der Waals surface area (Å²) in [7, 11) is -3.86. The first-order chi connectivity index (χ1) is 8.79. The number of nitriles is 1. The second kappa shape index (κ2) is 5.91. The molecule has 104 valence electrons. The normalized spacial score (nSPS) is 12.7. The highest BCUT2D eigenvalue weighted by Gasteiger charge is 2.19. The highest BCUT2D eigenvalue weighted by Crippen LogP contribution is 2.27. The number of hydrogen-bond acceptors (Lipinski definition) is 5. The Morgan fingerprint density at radius 1 is 1.47 bits per heavy atom. The van der Waals surface area contributed by atoms with E-state index in [1.165, 1.54) is 6.07 Å². The van der Waals surface area contributed by atoms with Crippen LogP contribution in [0.4, 0.5) is 11.4 Å². The Kier molecular flexibility index (Phi) is 4.75. The van der Waals surface area contributed by atoms with E-state index in [9.17, 15) is 8.42 Å². The van der Waals surface area contributed by atoms with Crippen LogP contribution in [0.25, 0.3) is 0 Å². The maximum Gasteiger partial charge on any atom is 0.240 e. The number of rotatable bonds is 5. The number of hydrogen-bond donors (Lipinski definition) is 2. The van der Waals surface area contributed by atoms with Crippen molar-refractivity contribution in [3.8, 4) is 6.07 Å². The van der Waals surface area contributed by atoms with Gasteiger partial charge in [-0.2, -0.15) is 5.26 Å². The van der Waals surface area contributed by atoms with E-state index in [2.05, 4.69) is 6.07 Å². The van der Waals surface area contributed by atoms with Crippen LogP contribution in [-0.4, -0.2) is 21.5 Å². The van der Waals surface area contributed by atoms with Crippen molar-refractivity contribution in [2.45, 2.75) is 18.7 Å². The molecule has 0 aliphatic carbocycles. The minimum absolute atomic E-state index is 0.0144. The zero-order chi connectivity index (χ0) is 14.6. The smallest absolute Gasteiger partial charge is 0.240 e. The molecule has 1 rings (SSSR count). The molecule has 6 nitrogen and oxygen atoms in total. The van der Waals surface area contributed by atoms with Gasteiger partial charge in [0.25, 0.3) is 0 Å². The molecule has 0 radical (unpaired) electrons. The summed E-state index contributed by atoms with van der Waals surface area (Å²) in [6, 6.07) is 6.69. The standard InChI is InChI=1S/C12H18N4O2S/c1-3-16(8-9(2)7-13)11-5-4-10(14)6-12(11)19(15,17)18/h4-6,9H,3,8,14H2,1-2H3,(H2,15,17,18). The number of sulfonamides is 1. The first kappa shape index (κ1) is 15.3. The van der Waals surface area contributed by atoms with E-state index >= 15 is 0 Å². The summed E-state index contributed by atoms with van der Waals surface area (Å²) >= 11 is 0. The van der Waals surface area contributed by atoms with Crippen LogP contribution in [0.3, 0.4) is 0 Å². The molecule has 0 saturated heterocycles. The Balaban J connectivity index is 3.29. The minimum atomic E-state index is -3.86. The van der Waals surface area contributed by atoms with Crippen LogP contribution in [-0.2, 0) is 10.0 Å². The SMILES string of the molecule is CCN(CC(C)C#N)c1ccc(N)cc1S(N)(=O)=O. The van der Waals surface area contributed by atoms with E-state index in [1.54, 1.807) is 24.0 Å². The molecule has 0 bridgehead atoms. The minimum Gasteiger partial charge on any atom is -0.399 e. The van der Waals surface area contributed by atoms with Crippen LogP contribution in [0, 0.1) is 17.2 Å². The molecule has 19 heavy (non-hydrogen) atoms. The van der Waals surface area contributed by atoms with Crippen molar-refractivity contribution in [3.05, 3.63) is 18.2 Å². The number of nitrogens with zero attached hydrogens (tertiary/aromatic N) is 2. The van der Waals surface area contributed by atoms with Crippen LogP contribution >= 0.6 is 0 Å². The van der Waals surface area contributed by atoms with Gasteiger partial charge in [-0.1, -0.05) is 0 Å². The Bertz CT molecular complexity index is 592. The van der Waals surface area contributed by atoms with Crippen LogP contribution in [0.5, 0.6) is 0 Å². The average molecular weight is 282 g/mol. The number of benzene rings is 1. The third kappa shape index (κ3) is 3.84. The summed E-state index contributed by atoms with van der Waals surface area (Å²) in [6.45, 7) is 4.65. The molecule has 0 amide bonds. The molecule has 4 N–H and O–H groups in total. The van der Waals surface area contributed by atoms with Gasteiger partial charge in [-0.15, -0.1) is 0 Å². The van der Waals surface area contributed by atoms with Crippen molar-refractivity contribution in [1.82, 2.24) is 0 Å². The monoisotopic (exact) mass is 282 g/mol. The van der Waals surface area contributed by atoms with Crippen molar-refractivity contribution in [1.29, 1.82) is 5.26 Å². The maximum absolute atomic E-state index is 11.6. The summed E-state index contributed by atoms with van der Waals surface area (Å²) in [5, 5.41) is 14.1. The van der Waals surface area contributed by atoms with Gasteiger partial charge in [0.15, 0.2) is 0 Å². The molecule has 0 aliphatic rings. The molecule has 0 aromatic heterocycles. The van der Waals surface area contributed by atoms with Gasteiger partial charge >= 0.3 is 0 Å². The van der Waals surface area contributed by atoms with Crippen molar-refractivity contribution in [2.75, 3.05) is 23.7 Å². The molecule has 0 aliphatic heterocycles. The lowest BCUT2D eigenvalue weighted by atomic mass is 10.1. The molecule has 0 saturated carbocycles. The molecular formula is C12H18N4O2S. The summed E-state index contributed by atoms with van der Waals surface area (Å²) in [5.74, 6) is -0.217. The molecule has 1 aromatic rings. The molecule has 0 spiro atoms. The zero-order valence-corrected chi connectivity index (χ0v) is 11.8. The third-order valence-electron chi connectivity index (χ3n) is 2.73. The van der Waals surface area contributed by atoms with Crippen molar-refractivity contribution >= 4 is 21.4 Å². The quantitative estimate of drug-likeness (QED) is 0.779. The lowest BCUT2D eigenvalue weighted by Gasteiger charge is -2.26. The Labute approximate surface area is 113 Å². The van der Waals surface area contributed by atoms with E-state index < -0.39 is 10.0 Å². The van der Waals surface area contributed by atoms with E-state index in [4.69, 9.17) is 16.1 Å². The second-order valence-corrected chi connectivity index (χ2v) is 5.87. The second-order valence-electron chi connectivity index (χ2n) is 4.34. The fraction of sp³-hybridized carbons (Fsp3) is 0.417. The summed E-state index contributed by atoms with van der Waals surface area (Å²) < 4.78 is 23.2. The van der Waals surface area contributed by atoms with Crippen molar-refractivity contribution < 1.29 is 8.42 Å². The third-order valence-corrected chi connectivity index (χ3v) is 3.67. The summed E-state index contributed by atoms with van der Waals surface area (Å²) in [4.78, 5) is 1.78. The Hall–Kier alpha value is -1.78. The fourth-order valence-corrected chi connectivity index (χ4v) is 2.58. The Morgan fingerprint density at radius 3 is 2.58 bits per heavy atom. The van der Waals surface area contributed by atoms with E-state index in [0.29, 0.717) is 24.5 Å². The van der Waals surface area contributed by atoms with Crippen molar-refractivity contribution in [2.24, 2.45) is 11.1 Å². The van der Waals surface area contributed by atoms with Gasteiger partial charge in [0.05, 0.1) is 17.7 Å². The van der Waals surface area contributed by atoms with Gasteiger partial charge < -0.3 is 10.6 Å². The molecule has 1 atom stereocenters. The molecular weight excluding hydrogens is 264 g/mol. The molecule has 7 heteroatoms. The van der Waals surface area contributed by atoms with E-state index in [1.807, 2.05) is 6.92 Å². The lowest BCUT2D eigenvalue weighted by Crippen LogP contribution is -2.30. The van der Waals surface area contributed by atoms with Gasteiger partial charge in [0, 0.05) is 18.8 Å². The van der Waals surface area contributed by atoms with Crippen LogP contribution in [0.2, 0.25) is 0 Å². The number of anilines is 2. The summed E-state index contributed by atoms with van der Waals surface area (Å²) in [6.07, 6.45) is 0. The van der Waals surface area contributed by atoms with Gasteiger partial charge in [-0.05, 0) is 32.0 Å². The summed E-state index contributed by atoms with van der Waals surface area (Å²) in [5.41, 5.74) is 6.41. The van der Waals surface area contributed by atoms with E-state index in [0.717, 1.165) is 0 Å². The van der Waals surface area contributed by atoms with Gasteiger partial charge in [-0.25, -0.2) is 13.6 Å². The molecule has 1 aromatic carbocycles. The van der Waals surface area contributed by atoms with Crippen LogP contribution in [0.15, 0.2) is 23.1 Å². The predicted molar refractivity (Wildman–Crippen MR) is 74.9 cm³/mol. The first-order valence-corrected chi connectivity index (χ1v) is 7.41. The molecule has 1 unspecified atom stereocenters. The van der Waals surface area contributed by atoms with Crippen LogP contribution in [0.1, 0.15) is 13.8 Å². The number of primary sulfonamides is 1. The highest BCUT2D eigenvalue weighted by molar-refractivity contribution is 7.89. The first-order valence-electron chi connectivity index (χ1n) is 5.86. The molecule has 0 fully saturated rings. The number of nitrogens with two attached hydrogens (primary N) is 2. The highest BCUT2D eigenvalue weighted by atomic mass is 32.2. The largest absolute Gasteiger partial charge is 0.399 e.